The van der Waals surface area contributed by atoms with E-state index >= 15 is 0 Å². The van der Waals surface area contributed by atoms with Crippen molar-refractivity contribution in [2.24, 2.45) is 0 Å². The molecule has 0 atom stereocenters. The Labute approximate surface area is 135 Å². The van der Waals surface area contributed by atoms with Crippen molar-refractivity contribution in [2.45, 2.75) is 32.6 Å². The molecule has 8 nitrogen and oxygen atoms in total. The van der Waals surface area contributed by atoms with Crippen molar-refractivity contribution in [2.75, 3.05) is 26.3 Å². The summed E-state index contributed by atoms with van der Waals surface area (Å²) in [6.07, 6.45) is 3.69. The molecule has 0 fully saturated rings. The summed E-state index contributed by atoms with van der Waals surface area (Å²) in [7, 11) is 0. The van der Waals surface area contributed by atoms with E-state index in [2.05, 4.69) is 10.9 Å². The van der Waals surface area contributed by atoms with Crippen LogP contribution in [0.5, 0.6) is 0 Å². The summed E-state index contributed by atoms with van der Waals surface area (Å²) in [6, 6.07) is 0. The topological polar surface area (TPSA) is 105 Å². The molecule has 0 bridgehead atoms. The number of nitrogens with one attached hydrogen (secondary N) is 2. The van der Waals surface area contributed by atoms with Crippen LogP contribution < -0.4 is 10.9 Å². The smallest absolute Gasteiger partial charge is 0.253 e. The monoisotopic (exact) mass is 325 g/mol. The fourth-order valence-corrected chi connectivity index (χ4v) is 1.90. The molecule has 0 aromatic rings. The molecule has 3 amide bonds. The highest BCUT2D eigenvalue weighted by Crippen LogP contribution is 2.06. The third-order valence-electron chi connectivity index (χ3n) is 3.14. The second-order valence-corrected chi connectivity index (χ2v) is 4.99. The number of hydrogen-bond donors (Lipinski definition) is 2. The van der Waals surface area contributed by atoms with Gasteiger partial charge in [-0.15, -0.1) is 0 Å². The number of carbonyl (C=O) groups excluding carboxylic acids is 4. The number of ketones is 1. The maximum atomic E-state index is 11.7. The Bertz CT molecular complexity index is 458. The zero-order chi connectivity index (χ0) is 17.1. The predicted molar refractivity (Wildman–Crippen MR) is 82.0 cm³/mol. The van der Waals surface area contributed by atoms with Crippen LogP contribution in [0.2, 0.25) is 0 Å². The molecule has 0 saturated heterocycles. The van der Waals surface area contributed by atoms with E-state index in [0.717, 1.165) is 4.90 Å². The van der Waals surface area contributed by atoms with Gasteiger partial charge in [0.25, 0.3) is 11.8 Å². The van der Waals surface area contributed by atoms with Gasteiger partial charge < -0.3 is 4.74 Å². The molecule has 0 unspecified atom stereocenters. The molecule has 1 heterocycles. The lowest BCUT2D eigenvalue weighted by Crippen LogP contribution is -2.37. The zero-order valence-corrected chi connectivity index (χ0v) is 13.3. The minimum Gasteiger partial charge on any atom is -0.381 e. The third-order valence-corrected chi connectivity index (χ3v) is 3.14. The van der Waals surface area contributed by atoms with Gasteiger partial charge in [-0.25, -0.2) is 5.43 Å². The normalized spacial score (nSPS) is 13.7. The SMILES string of the molecule is CCNNC(=O)CCOCCCC(=O)CCN1C(=O)C=CC1=O. The molecular weight excluding hydrogens is 302 g/mol. The van der Waals surface area contributed by atoms with Crippen LogP contribution in [0, 0.1) is 0 Å². The van der Waals surface area contributed by atoms with E-state index in [4.69, 9.17) is 4.74 Å². The summed E-state index contributed by atoms with van der Waals surface area (Å²) in [4.78, 5) is 46.6. The first kappa shape index (κ1) is 19.0. The van der Waals surface area contributed by atoms with E-state index in [1.165, 1.54) is 12.2 Å². The van der Waals surface area contributed by atoms with Crippen LogP contribution in [0.15, 0.2) is 12.2 Å². The van der Waals surface area contributed by atoms with E-state index in [9.17, 15) is 19.2 Å². The number of ether oxygens (including phenoxy) is 1. The first-order chi connectivity index (χ1) is 11.0. The van der Waals surface area contributed by atoms with Crippen molar-refractivity contribution in [1.82, 2.24) is 15.8 Å². The third kappa shape index (κ3) is 7.66. The number of carbonyl (C=O) groups is 4. The fraction of sp³-hybridized carbons (Fsp3) is 0.600. The molecular formula is C15H23N3O5. The van der Waals surface area contributed by atoms with Crippen LogP contribution in [-0.4, -0.2) is 54.7 Å². The first-order valence-electron chi connectivity index (χ1n) is 7.69. The Morgan fingerprint density at radius 3 is 2.43 bits per heavy atom. The average Bonchev–Trinajstić information content (AvgIpc) is 2.85. The molecule has 0 aromatic carbocycles. The minimum absolute atomic E-state index is 0.0222. The quantitative estimate of drug-likeness (QED) is 0.290. The molecule has 0 aliphatic carbocycles. The largest absolute Gasteiger partial charge is 0.381 e. The molecule has 0 spiro atoms. The van der Waals surface area contributed by atoms with Gasteiger partial charge in [0.2, 0.25) is 5.91 Å². The van der Waals surface area contributed by atoms with Crippen molar-refractivity contribution in [1.29, 1.82) is 0 Å². The molecule has 0 radical (unpaired) electrons. The Kier molecular flexibility index (Phi) is 8.78. The summed E-state index contributed by atoms with van der Waals surface area (Å²) in [6.45, 7) is 3.34. The van der Waals surface area contributed by atoms with Gasteiger partial charge in [0, 0.05) is 44.7 Å². The lowest BCUT2D eigenvalue weighted by molar-refractivity contribution is -0.137. The van der Waals surface area contributed by atoms with Crippen LogP contribution in [0.1, 0.15) is 32.6 Å². The maximum Gasteiger partial charge on any atom is 0.253 e. The summed E-state index contributed by atoms with van der Waals surface area (Å²) >= 11 is 0. The number of hydrazine groups is 1. The van der Waals surface area contributed by atoms with Gasteiger partial charge >= 0.3 is 0 Å². The molecule has 2 N–H and O–H groups in total. The Morgan fingerprint density at radius 1 is 1.09 bits per heavy atom. The highest BCUT2D eigenvalue weighted by Gasteiger charge is 2.23. The van der Waals surface area contributed by atoms with Crippen molar-refractivity contribution < 1.29 is 23.9 Å². The molecule has 8 heteroatoms. The van der Waals surface area contributed by atoms with Gasteiger partial charge in [-0.05, 0) is 6.42 Å². The van der Waals surface area contributed by atoms with E-state index in [1.54, 1.807) is 0 Å². The summed E-state index contributed by atoms with van der Waals surface area (Å²) < 4.78 is 5.28. The van der Waals surface area contributed by atoms with Crippen LogP contribution >= 0.6 is 0 Å². The molecule has 1 rings (SSSR count). The second kappa shape index (κ2) is 10.6. The van der Waals surface area contributed by atoms with Crippen LogP contribution in [-0.2, 0) is 23.9 Å². The number of rotatable bonds is 12. The van der Waals surface area contributed by atoms with E-state index in [-0.39, 0.29) is 42.9 Å². The highest BCUT2D eigenvalue weighted by atomic mass is 16.5. The standard InChI is InChI=1S/C15H23N3O5/c1-2-16-17-13(20)8-11-23-10-3-4-12(19)7-9-18-14(21)5-6-15(18)22/h5-6,16H,2-4,7-11H2,1H3,(H,17,20). The lowest BCUT2D eigenvalue weighted by atomic mass is 10.1. The van der Waals surface area contributed by atoms with Gasteiger partial charge in [0.15, 0.2) is 0 Å². The van der Waals surface area contributed by atoms with Gasteiger partial charge in [-0.1, -0.05) is 6.92 Å². The zero-order valence-electron chi connectivity index (χ0n) is 13.3. The molecule has 1 aliphatic heterocycles. The van der Waals surface area contributed by atoms with Crippen LogP contribution in [0.25, 0.3) is 0 Å². The molecule has 23 heavy (non-hydrogen) atoms. The predicted octanol–water partition coefficient (Wildman–Crippen LogP) is -0.302. The van der Waals surface area contributed by atoms with Gasteiger partial charge in [-0.2, -0.15) is 0 Å². The van der Waals surface area contributed by atoms with Crippen LogP contribution in [0.3, 0.4) is 0 Å². The molecule has 1 aliphatic rings. The number of hydrogen-bond acceptors (Lipinski definition) is 6. The first-order valence-corrected chi connectivity index (χ1v) is 7.69. The molecule has 0 aromatic heterocycles. The average molecular weight is 325 g/mol. The fourth-order valence-electron chi connectivity index (χ4n) is 1.90. The van der Waals surface area contributed by atoms with Crippen molar-refractivity contribution in [3.63, 3.8) is 0 Å². The van der Waals surface area contributed by atoms with Gasteiger partial charge in [0.05, 0.1) is 13.0 Å². The highest BCUT2D eigenvalue weighted by molar-refractivity contribution is 6.13. The van der Waals surface area contributed by atoms with E-state index in [1.807, 2.05) is 6.92 Å². The van der Waals surface area contributed by atoms with Gasteiger partial charge in [-0.3, -0.25) is 29.5 Å². The molecule has 128 valence electrons. The van der Waals surface area contributed by atoms with Crippen molar-refractivity contribution >= 4 is 23.5 Å². The Balaban J connectivity index is 1.99. The summed E-state index contributed by atoms with van der Waals surface area (Å²) in [5.41, 5.74) is 5.21. The van der Waals surface area contributed by atoms with E-state index < -0.39 is 0 Å². The van der Waals surface area contributed by atoms with Crippen molar-refractivity contribution in [3.05, 3.63) is 12.2 Å². The summed E-state index contributed by atoms with van der Waals surface area (Å²) in [5, 5.41) is 0. The molecule has 0 saturated carbocycles. The lowest BCUT2D eigenvalue weighted by Gasteiger charge is -2.12. The second-order valence-electron chi connectivity index (χ2n) is 4.99. The number of Topliss-reactive ketones (excluding diaryl/α,β-unsaturated/α-hetero) is 1. The number of amides is 3. The number of imide groups is 1. The van der Waals surface area contributed by atoms with E-state index in [0.29, 0.717) is 32.6 Å². The number of nitrogens with zero attached hydrogens (tertiary/aromatic N) is 1. The van der Waals surface area contributed by atoms with Crippen molar-refractivity contribution in [3.8, 4) is 0 Å². The summed E-state index contributed by atoms with van der Waals surface area (Å²) in [5.74, 6) is -0.911. The van der Waals surface area contributed by atoms with Crippen LogP contribution in [0.4, 0.5) is 0 Å². The Morgan fingerprint density at radius 2 is 1.78 bits per heavy atom. The Hall–Kier alpha value is -2.06. The maximum absolute atomic E-state index is 11.7. The minimum atomic E-state index is -0.373. The van der Waals surface area contributed by atoms with Gasteiger partial charge in [0.1, 0.15) is 5.78 Å².